The highest BCUT2D eigenvalue weighted by Crippen LogP contribution is 2.23. The number of nitrogens with zero attached hydrogens (tertiary/aromatic N) is 4. The molecule has 4 aromatic rings. The van der Waals surface area contributed by atoms with Crippen LogP contribution in [0.5, 0.6) is 0 Å². The molecule has 1 amide bonds. The fraction of sp³-hybridized carbons (Fsp3) is 0.304. The summed E-state index contributed by atoms with van der Waals surface area (Å²) < 4.78 is 7.19. The third-order valence-electron chi connectivity index (χ3n) is 5.02. The van der Waals surface area contributed by atoms with Crippen LogP contribution in [0.1, 0.15) is 17.3 Å². The van der Waals surface area contributed by atoms with Crippen molar-refractivity contribution in [2.45, 2.75) is 18.6 Å². The van der Waals surface area contributed by atoms with Crippen LogP contribution in [0.3, 0.4) is 0 Å². The Balaban J connectivity index is 1.43. The van der Waals surface area contributed by atoms with Crippen LogP contribution in [0, 0.1) is 0 Å². The van der Waals surface area contributed by atoms with Gasteiger partial charge in [-0.25, -0.2) is 14.6 Å². The van der Waals surface area contributed by atoms with Gasteiger partial charge in [0.1, 0.15) is 5.82 Å². The Bertz CT molecular complexity index is 1230. The summed E-state index contributed by atoms with van der Waals surface area (Å²) in [5.41, 5.74) is 1.38. The molecule has 0 atom stereocenters. The molecule has 0 aliphatic carbocycles. The Morgan fingerprint density at radius 2 is 1.97 bits per heavy atom. The van der Waals surface area contributed by atoms with E-state index >= 15 is 0 Å². The molecule has 2 N–H and O–H groups in total. The lowest BCUT2D eigenvalue weighted by Gasteiger charge is -2.10. The van der Waals surface area contributed by atoms with E-state index in [2.05, 4.69) is 25.7 Å². The van der Waals surface area contributed by atoms with Crippen molar-refractivity contribution in [1.82, 2.24) is 25.1 Å². The van der Waals surface area contributed by atoms with E-state index in [4.69, 9.17) is 4.74 Å². The number of aromatic nitrogens is 4. The molecule has 0 aliphatic heterocycles. The van der Waals surface area contributed by atoms with Gasteiger partial charge in [-0.3, -0.25) is 4.79 Å². The smallest absolute Gasteiger partial charge is 0.251 e. The average molecular weight is 451 g/mol. The fourth-order valence-electron chi connectivity index (χ4n) is 3.42. The van der Waals surface area contributed by atoms with E-state index in [-0.39, 0.29) is 5.91 Å². The van der Waals surface area contributed by atoms with Gasteiger partial charge in [0.2, 0.25) is 0 Å². The Labute approximate surface area is 190 Å². The Hall–Kier alpha value is -3.17. The van der Waals surface area contributed by atoms with Crippen molar-refractivity contribution in [2.75, 3.05) is 37.9 Å². The maximum absolute atomic E-state index is 12.6. The largest absolute Gasteiger partial charge is 0.380 e. The number of rotatable bonds is 10. The van der Waals surface area contributed by atoms with Gasteiger partial charge in [-0.05, 0) is 36.1 Å². The summed E-state index contributed by atoms with van der Waals surface area (Å²) in [5, 5.41) is 14.4. The zero-order chi connectivity index (χ0) is 22.3. The first kappa shape index (κ1) is 22.0. The van der Waals surface area contributed by atoms with Crippen molar-refractivity contribution in [3.05, 3.63) is 54.2 Å². The second kappa shape index (κ2) is 10.4. The summed E-state index contributed by atoms with van der Waals surface area (Å²) in [4.78, 5) is 21.8. The maximum atomic E-state index is 12.6. The lowest BCUT2D eigenvalue weighted by molar-refractivity contribution is 0.0952. The summed E-state index contributed by atoms with van der Waals surface area (Å²) >= 11 is 1.48. The van der Waals surface area contributed by atoms with Gasteiger partial charge >= 0.3 is 0 Å². The minimum Gasteiger partial charge on any atom is -0.380 e. The van der Waals surface area contributed by atoms with Gasteiger partial charge in [0, 0.05) is 25.3 Å². The monoisotopic (exact) mass is 450 g/mol. The topological polar surface area (TPSA) is 94.0 Å². The highest BCUT2D eigenvalue weighted by molar-refractivity contribution is 7.98. The number of fused-ring (bicyclic) bond motifs is 2. The van der Waals surface area contributed by atoms with Crippen molar-refractivity contribution in [3.63, 3.8) is 0 Å². The van der Waals surface area contributed by atoms with E-state index in [1.807, 2.05) is 55.6 Å². The molecule has 9 heteroatoms. The summed E-state index contributed by atoms with van der Waals surface area (Å²) in [6.45, 7) is 4.85. The number of benzene rings is 2. The van der Waals surface area contributed by atoms with E-state index in [1.165, 1.54) is 11.8 Å². The molecule has 0 saturated heterocycles. The number of nitrogens with one attached hydrogen (secondary N) is 2. The first-order chi connectivity index (χ1) is 15.7. The molecule has 32 heavy (non-hydrogen) atoms. The van der Waals surface area contributed by atoms with Crippen molar-refractivity contribution in [3.8, 4) is 0 Å². The van der Waals surface area contributed by atoms with Gasteiger partial charge in [-0.15, -0.1) is 0 Å². The van der Waals surface area contributed by atoms with Crippen LogP contribution in [-0.4, -0.2) is 58.2 Å². The Kier molecular flexibility index (Phi) is 7.18. The number of anilines is 1. The van der Waals surface area contributed by atoms with Crippen molar-refractivity contribution >= 4 is 45.3 Å². The molecule has 0 bridgehead atoms. The molecule has 0 unspecified atom stereocenters. The van der Waals surface area contributed by atoms with E-state index in [1.54, 1.807) is 10.9 Å². The average Bonchev–Trinajstić information content (AvgIpc) is 3.24. The lowest BCUT2D eigenvalue weighted by Crippen LogP contribution is -2.27. The summed E-state index contributed by atoms with van der Waals surface area (Å²) in [5.74, 6) is 0.635. The van der Waals surface area contributed by atoms with E-state index in [9.17, 15) is 4.79 Å². The van der Waals surface area contributed by atoms with E-state index < -0.39 is 0 Å². The first-order valence-electron chi connectivity index (χ1n) is 10.6. The van der Waals surface area contributed by atoms with Gasteiger partial charge in [0.15, 0.2) is 10.8 Å². The molecule has 2 aromatic carbocycles. The van der Waals surface area contributed by atoms with Gasteiger partial charge < -0.3 is 15.4 Å². The normalized spacial score (nSPS) is 11.2. The lowest BCUT2D eigenvalue weighted by atomic mass is 10.1. The molecule has 4 rings (SSSR count). The Morgan fingerprint density at radius 3 is 2.78 bits per heavy atom. The van der Waals surface area contributed by atoms with Gasteiger partial charge in [0.25, 0.3) is 5.91 Å². The quantitative estimate of drug-likeness (QED) is 0.217. The number of thioether (sulfide) groups is 1. The van der Waals surface area contributed by atoms with Crippen molar-refractivity contribution in [2.24, 2.45) is 0 Å². The number of carbonyl (C=O) groups is 1. The van der Waals surface area contributed by atoms with Crippen LogP contribution in [0.4, 0.5) is 5.82 Å². The van der Waals surface area contributed by atoms with Crippen LogP contribution in [0.15, 0.2) is 53.8 Å². The van der Waals surface area contributed by atoms with E-state index in [0.29, 0.717) is 43.6 Å². The predicted molar refractivity (Wildman–Crippen MR) is 128 cm³/mol. The summed E-state index contributed by atoms with van der Waals surface area (Å²) in [6, 6.07) is 13.7. The summed E-state index contributed by atoms with van der Waals surface area (Å²) in [6.07, 6.45) is 3.70. The molecule has 0 fully saturated rings. The number of hydrogen-bond donors (Lipinski definition) is 2. The molecule has 2 heterocycles. The molecule has 8 nitrogen and oxygen atoms in total. The van der Waals surface area contributed by atoms with Crippen molar-refractivity contribution < 1.29 is 9.53 Å². The number of carbonyl (C=O) groups excluding carboxylic acids is 1. The highest BCUT2D eigenvalue weighted by Gasteiger charge is 2.13. The standard InChI is InChI=1S/C23H26N6O2S/c1-3-31-13-11-24-20-19-15-26-29(21(19)28-23(27-20)32-2)12-10-25-22(30)18-9-8-16-6-4-5-7-17(16)14-18/h4-9,14-15H,3,10-13H2,1-2H3,(H,25,30)(H,24,27,28). The number of amides is 1. The molecule has 2 aromatic heterocycles. The molecule has 166 valence electrons. The van der Waals surface area contributed by atoms with Gasteiger partial charge in [0.05, 0.1) is 24.7 Å². The van der Waals surface area contributed by atoms with Crippen LogP contribution in [0.2, 0.25) is 0 Å². The SMILES string of the molecule is CCOCCNc1nc(SC)nc2c1cnn2CCNC(=O)c1ccc2ccccc2c1. The second-order valence-corrected chi connectivity index (χ2v) is 7.88. The minimum absolute atomic E-state index is 0.107. The number of hydrogen-bond acceptors (Lipinski definition) is 7. The van der Waals surface area contributed by atoms with Crippen LogP contribution >= 0.6 is 11.8 Å². The van der Waals surface area contributed by atoms with Gasteiger partial charge in [-0.1, -0.05) is 42.1 Å². The Morgan fingerprint density at radius 1 is 1.12 bits per heavy atom. The fourth-order valence-corrected chi connectivity index (χ4v) is 3.78. The highest BCUT2D eigenvalue weighted by atomic mass is 32.2. The third-order valence-corrected chi connectivity index (χ3v) is 5.57. The van der Waals surface area contributed by atoms with Crippen LogP contribution in [-0.2, 0) is 11.3 Å². The number of ether oxygens (including phenoxy) is 1. The van der Waals surface area contributed by atoms with E-state index in [0.717, 1.165) is 27.6 Å². The molecule has 0 saturated carbocycles. The molecule has 0 radical (unpaired) electrons. The third kappa shape index (κ3) is 5.00. The van der Waals surface area contributed by atoms with Crippen LogP contribution < -0.4 is 10.6 Å². The summed E-state index contributed by atoms with van der Waals surface area (Å²) in [7, 11) is 0. The maximum Gasteiger partial charge on any atom is 0.251 e. The van der Waals surface area contributed by atoms with Gasteiger partial charge in [-0.2, -0.15) is 5.10 Å². The minimum atomic E-state index is -0.107. The molecular weight excluding hydrogens is 424 g/mol. The first-order valence-corrected chi connectivity index (χ1v) is 11.8. The molecule has 0 spiro atoms. The second-order valence-electron chi connectivity index (χ2n) is 7.11. The molecular formula is C23H26N6O2S. The van der Waals surface area contributed by atoms with Crippen molar-refractivity contribution in [1.29, 1.82) is 0 Å². The predicted octanol–water partition coefficient (Wildman–Crippen LogP) is 3.58. The van der Waals surface area contributed by atoms with Crippen LogP contribution in [0.25, 0.3) is 21.8 Å². The zero-order valence-electron chi connectivity index (χ0n) is 18.2. The molecule has 0 aliphatic rings. The zero-order valence-corrected chi connectivity index (χ0v) is 19.0.